The molecule has 1 aromatic carbocycles. The Balaban J connectivity index is 1.69. The van der Waals surface area contributed by atoms with E-state index in [1.165, 1.54) is 19.0 Å². The van der Waals surface area contributed by atoms with E-state index in [0.29, 0.717) is 23.0 Å². The smallest absolute Gasteiger partial charge is 0.252 e. The number of nitrogens with two attached hydrogens (primary N) is 2. The van der Waals surface area contributed by atoms with Crippen molar-refractivity contribution in [3.63, 3.8) is 0 Å². The van der Waals surface area contributed by atoms with E-state index in [1.54, 1.807) is 12.4 Å². The highest BCUT2D eigenvalue weighted by Crippen LogP contribution is 2.38. The summed E-state index contributed by atoms with van der Waals surface area (Å²) in [5, 5.41) is 5.38. The first kappa shape index (κ1) is 17.4. The first-order chi connectivity index (χ1) is 14.0. The first-order valence-electron chi connectivity index (χ1n) is 9.60. The standard InChI is InChI=1S/C21H21N7O/c1-10(11-2-3-11)27-20-17-14-5-4-12(13-7-25-21(23)26-8-13)6-16(14)28-18(17)15(9-24-20)19(22)29/h4-11,28H,2-3H2,1H3,(H2,22,29)(H,24,27)(H2,23,25,26). The van der Waals surface area contributed by atoms with Gasteiger partial charge in [-0.2, -0.15) is 0 Å². The Morgan fingerprint density at radius 1 is 1.17 bits per heavy atom. The fraction of sp³-hybridized carbons (Fsp3) is 0.238. The van der Waals surface area contributed by atoms with E-state index >= 15 is 0 Å². The highest BCUT2D eigenvalue weighted by atomic mass is 16.1. The van der Waals surface area contributed by atoms with Crippen molar-refractivity contribution >= 4 is 39.5 Å². The van der Waals surface area contributed by atoms with Gasteiger partial charge in [0.05, 0.1) is 16.5 Å². The number of fused-ring (bicyclic) bond motifs is 3. The van der Waals surface area contributed by atoms with Gasteiger partial charge in [-0.15, -0.1) is 0 Å². The molecule has 8 heteroatoms. The van der Waals surface area contributed by atoms with Crippen LogP contribution in [-0.2, 0) is 0 Å². The topological polar surface area (TPSA) is 136 Å². The predicted molar refractivity (Wildman–Crippen MR) is 113 cm³/mol. The quantitative estimate of drug-likeness (QED) is 0.415. The fourth-order valence-electron chi connectivity index (χ4n) is 3.80. The molecular weight excluding hydrogens is 366 g/mol. The molecular formula is C21H21N7O. The van der Waals surface area contributed by atoms with Gasteiger partial charge in [-0.05, 0) is 37.3 Å². The summed E-state index contributed by atoms with van der Waals surface area (Å²) in [6.45, 7) is 2.17. The van der Waals surface area contributed by atoms with E-state index in [2.05, 4.69) is 32.2 Å². The van der Waals surface area contributed by atoms with Crippen molar-refractivity contribution in [2.75, 3.05) is 11.1 Å². The molecule has 3 aromatic heterocycles. The second-order valence-corrected chi connectivity index (χ2v) is 7.62. The number of anilines is 2. The number of carbonyl (C=O) groups excluding carboxylic acids is 1. The Morgan fingerprint density at radius 2 is 1.93 bits per heavy atom. The van der Waals surface area contributed by atoms with Crippen LogP contribution in [0.5, 0.6) is 0 Å². The molecule has 5 rings (SSSR count). The third-order valence-corrected chi connectivity index (χ3v) is 5.59. The normalized spacial score (nSPS) is 14.9. The summed E-state index contributed by atoms with van der Waals surface area (Å²) in [7, 11) is 0. The van der Waals surface area contributed by atoms with Crippen LogP contribution >= 0.6 is 0 Å². The number of aromatic nitrogens is 4. The van der Waals surface area contributed by atoms with E-state index in [0.717, 1.165) is 33.2 Å². The molecule has 8 nitrogen and oxygen atoms in total. The van der Waals surface area contributed by atoms with E-state index in [-0.39, 0.29) is 5.95 Å². The molecule has 1 aliphatic rings. The highest BCUT2D eigenvalue weighted by molar-refractivity contribution is 6.18. The summed E-state index contributed by atoms with van der Waals surface area (Å²) < 4.78 is 0. The van der Waals surface area contributed by atoms with Crippen molar-refractivity contribution < 1.29 is 4.79 Å². The molecule has 0 radical (unpaired) electrons. The lowest BCUT2D eigenvalue weighted by Gasteiger charge is -2.15. The van der Waals surface area contributed by atoms with Gasteiger partial charge in [-0.1, -0.05) is 12.1 Å². The lowest BCUT2D eigenvalue weighted by molar-refractivity contribution is 0.100. The van der Waals surface area contributed by atoms with Crippen molar-refractivity contribution in [3.05, 3.63) is 42.4 Å². The number of hydrogen-bond acceptors (Lipinski definition) is 6. The molecule has 4 aromatic rings. The minimum atomic E-state index is -0.511. The van der Waals surface area contributed by atoms with Gasteiger partial charge in [-0.3, -0.25) is 4.79 Å². The number of primary amides is 1. The summed E-state index contributed by atoms with van der Waals surface area (Å²) in [4.78, 5) is 28.0. The van der Waals surface area contributed by atoms with E-state index in [9.17, 15) is 4.79 Å². The molecule has 0 aliphatic heterocycles. The van der Waals surface area contributed by atoms with Crippen LogP contribution < -0.4 is 16.8 Å². The Hall–Kier alpha value is -3.68. The van der Waals surface area contributed by atoms with Crippen molar-refractivity contribution in [2.24, 2.45) is 11.7 Å². The molecule has 0 saturated heterocycles. The summed E-state index contributed by atoms with van der Waals surface area (Å²) in [5.41, 5.74) is 14.9. The second kappa shape index (κ2) is 6.44. The van der Waals surface area contributed by atoms with Gasteiger partial charge in [0.2, 0.25) is 5.95 Å². The third kappa shape index (κ3) is 3.02. The molecule has 1 saturated carbocycles. The van der Waals surface area contributed by atoms with Crippen LogP contribution in [0.2, 0.25) is 0 Å². The molecule has 1 aliphatic carbocycles. The number of nitrogens with zero attached hydrogens (tertiary/aromatic N) is 3. The number of H-pyrrole nitrogens is 1. The highest BCUT2D eigenvalue weighted by Gasteiger charge is 2.29. The molecule has 1 amide bonds. The van der Waals surface area contributed by atoms with Gasteiger partial charge >= 0.3 is 0 Å². The number of hydrogen-bond donors (Lipinski definition) is 4. The number of amides is 1. The van der Waals surface area contributed by atoms with E-state index in [1.807, 2.05) is 18.2 Å². The summed E-state index contributed by atoms with van der Waals surface area (Å²) in [5.74, 6) is 1.16. The number of aromatic amines is 1. The van der Waals surface area contributed by atoms with E-state index < -0.39 is 5.91 Å². The molecule has 1 fully saturated rings. The van der Waals surface area contributed by atoms with Crippen LogP contribution in [0.25, 0.3) is 32.9 Å². The van der Waals surface area contributed by atoms with Crippen LogP contribution in [-0.4, -0.2) is 31.9 Å². The Morgan fingerprint density at radius 3 is 2.62 bits per heavy atom. The number of rotatable bonds is 5. The van der Waals surface area contributed by atoms with Gasteiger partial charge < -0.3 is 21.8 Å². The zero-order valence-electron chi connectivity index (χ0n) is 15.9. The van der Waals surface area contributed by atoms with Crippen LogP contribution in [0.15, 0.2) is 36.8 Å². The SMILES string of the molecule is CC(Nc1ncc(C(N)=O)c2[nH]c3cc(-c4cnc(N)nc4)ccc3c12)C1CC1. The van der Waals surface area contributed by atoms with Gasteiger partial charge in [0.1, 0.15) is 5.82 Å². The van der Waals surface area contributed by atoms with Crippen molar-refractivity contribution in [2.45, 2.75) is 25.8 Å². The zero-order chi connectivity index (χ0) is 20.1. The summed E-state index contributed by atoms with van der Waals surface area (Å²) in [6.07, 6.45) is 7.38. The molecule has 0 spiro atoms. The Labute approximate surface area is 166 Å². The van der Waals surface area contributed by atoms with Crippen LogP contribution in [0.1, 0.15) is 30.1 Å². The number of benzene rings is 1. The fourth-order valence-corrected chi connectivity index (χ4v) is 3.80. The van der Waals surface area contributed by atoms with Crippen LogP contribution in [0, 0.1) is 5.92 Å². The van der Waals surface area contributed by atoms with Crippen LogP contribution in [0.4, 0.5) is 11.8 Å². The lowest BCUT2D eigenvalue weighted by atomic mass is 10.1. The monoisotopic (exact) mass is 387 g/mol. The molecule has 3 heterocycles. The summed E-state index contributed by atoms with van der Waals surface area (Å²) >= 11 is 0. The molecule has 1 unspecified atom stereocenters. The third-order valence-electron chi connectivity index (χ3n) is 5.59. The van der Waals surface area contributed by atoms with Gasteiger partial charge in [0.15, 0.2) is 0 Å². The number of nitrogens with one attached hydrogen (secondary N) is 2. The number of carbonyl (C=O) groups is 1. The lowest BCUT2D eigenvalue weighted by Crippen LogP contribution is -2.19. The molecule has 146 valence electrons. The maximum absolute atomic E-state index is 12.0. The Kier molecular flexibility index (Phi) is 3.87. The largest absolute Gasteiger partial charge is 0.368 e. The van der Waals surface area contributed by atoms with Gasteiger partial charge in [0, 0.05) is 41.1 Å². The molecule has 0 bridgehead atoms. The molecule has 6 N–H and O–H groups in total. The summed E-state index contributed by atoms with van der Waals surface area (Å²) in [6, 6.07) is 6.33. The number of nitrogen functional groups attached to an aromatic ring is 1. The first-order valence-corrected chi connectivity index (χ1v) is 9.60. The Bertz CT molecular complexity index is 1240. The predicted octanol–water partition coefficient (Wildman–Crippen LogP) is 3.06. The molecule has 29 heavy (non-hydrogen) atoms. The average Bonchev–Trinajstić information content (AvgIpc) is 3.48. The maximum atomic E-state index is 12.0. The van der Waals surface area contributed by atoms with E-state index in [4.69, 9.17) is 11.5 Å². The van der Waals surface area contributed by atoms with Crippen molar-refractivity contribution in [3.8, 4) is 11.1 Å². The van der Waals surface area contributed by atoms with Crippen molar-refractivity contribution in [1.82, 2.24) is 19.9 Å². The van der Waals surface area contributed by atoms with Crippen LogP contribution in [0.3, 0.4) is 0 Å². The number of pyridine rings is 1. The second-order valence-electron chi connectivity index (χ2n) is 7.62. The minimum Gasteiger partial charge on any atom is -0.368 e. The minimum absolute atomic E-state index is 0.234. The maximum Gasteiger partial charge on any atom is 0.252 e. The molecule has 1 atom stereocenters. The van der Waals surface area contributed by atoms with Gasteiger partial charge in [-0.25, -0.2) is 15.0 Å². The average molecular weight is 387 g/mol. The zero-order valence-corrected chi connectivity index (χ0v) is 15.9. The van der Waals surface area contributed by atoms with Gasteiger partial charge in [0.25, 0.3) is 5.91 Å². The van der Waals surface area contributed by atoms with Crippen molar-refractivity contribution in [1.29, 1.82) is 0 Å².